The number of hydrogen-bond acceptors (Lipinski definition) is 4. The number of ether oxygens (including phenoxy) is 1. The highest BCUT2D eigenvalue weighted by atomic mass is 32.2. The first-order valence-electron chi connectivity index (χ1n) is 10.1. The Morgan fingerprint density at radius 1 is 1.00 bits per heavy atom. The van der Waals surface area contributed by atoms with E-state index in [-0.39, 0.29) is 23.3 Å². The summed E-state index contributed by atoms with van der Waals surface area (Å²) in [6.07, 6.45) is 1.60. The van der Waals surface area contributed by atoms with E-state index in [9.17, 15) is 9.59 Å². The van der Waals surface area contributed by atoms with Crippen molar-refractivity contribution in [3.63, 3.8) is 0 Å². The Kier molecular flexibility index (Phi) is 5.81. The highest BCUT2D eigenvalue weighted by molar-refractivity contribution is 8.00. The van der Waals surface area contributed by atoms with Crippen LogP contribution in [0.5, 0.6) is 5.75 Å². The molecule has 6 heteroatoms. The van der Waals surface area contributed by atoms with Crippen molar-refractivity contribution in [3.8, 4) is 5.75 Å². The van der Waals surface area contributed by atoms with Gasteiger partial charge in [-0.15, -0.1) is 11.8 Å². The number of likely N-dealkylation sites (tertiary alicyclic amines) is 1. The average molecular weight is 411 g/mol. The molecule has 29 heavy (non-hydrogen) atoms. The molecule has 0 radical (unpaired) electrons. The molecule has 2 aliphatic rings. The van der Waals surface area contributed by atoms with Crippen LogP contribution in [-0.4, -0.2) is 58.5 Å². The van der Waals surface area contributed by atoms with Crippen molar-refractivity contribution in [3.05, 3.63) is 65.7 Å². The van der Waals surface area contributed by atoms with Gasteiger partial charge in [0, 0.05) is 31.0 Å². The van der Waals surface area contributed by atoms with E-state index < -0.39 is 0 Å². The van der Waals surface area contributed by atoms with Crippen LogP contribution in [0, 0.1) is 6.92 Å². The zero-order chi connectivity index (χ0) is 20.3. The van der Waals surface area contributed by atoms with Gasteiger partial charge >= 0.3 is 0 Å². The largest absolute Gasteiger partial charge is 0.484 e. The first-order valence-corrected chi connectivity index (χ1v) is 11.0. The van der Waals surface area contributed by atoms with Crippen LogP contribution in [-0.2, 0) is 4.79 Å². The second-order valence-electron chi connectivity index (χ2n) is 7.55. The first-order chi connectivity index (χ1) is 14.1. The van der Waals surface area contributed by atoms with Crippen LogP contribution in [0.4, 0.5) is 0 Å². The molecule has 2 saturated heterocycles. The molecule has 2 heterocycles. The molecule has 2 aromatic rings. The van der Waals surface area contributed by atoms with Crippen molar-refractivity contribution in [2.75, 3.05) is 32.0 Å². The number of benzene rings is 2. The van der Waals surface area contributed by atoms with Crippen LogP contribution in [0.2, 0.25) is 0 Å². The van der Waals surface area contributed by atoms with Gasteiger partial charge in [-0.05, 0) is 43.5 Å². The van der Waals surface area contributed by atoms with E-state index in [1.807, 2.05) is 83.1 Å². The Balaban J connectivity index is 1.38. The molecule has 2 fully saturated rings. The third-order valence-electron chi connectivity index (χ3n) is 5.80. The highest BCUT2D eigenvalue weighted by Crippen LogP contribution is 2.44. The van der Waals surface area contributed by atoms with Gasteiger partial charge in [0.15, 0.2) is 6.61 Å². The van der Waals surface area contributed by atoms with E-state index in [4.69, 9.17) is 4.74 Å². The topological polar surface area (TPSA) is 49.9 Å². The van der Waals surface area contributed by atoms with Gasteiger partial charge in [-0.1, -0.05) is 36.4 Å². The Morgan fingerprint density at radius 3 is 2.41 bits per heavy atom. The second kappa shape index (κ2) is 8.49. The summed E-state index contributed by atoms with van der Waals surface area (Å²) in [6, 6.07) is 17.2. The zero-order valence-electron chi connectivity index (χ0n) is 16.7. The van der Waals surface area contributed by atoms with E-state index in [1.165, 1.54) is 0 Å². The Hall–Kier alpha value is -2.47. The summed E-state index contributed by atoms with van der Waals surface area (Å²) < 4.78 is 5.61. The first kappa shape index (κ1) is 19.8. The van der Waals surface area contributed by atoms with Gasteiger partial charge in [0.25, 0.3) is 11.8 Å². The zero-order valence-corrected chi connectivity index (χ0v) is 17.5. The molecule has 0 atom stereocenters. The third-order valence-corrected chi connectivity index (χ3v) is 7.35. The number of carbonyl (C=O) groups excluding carboxylic acids is 2. The molecule has 0 N–H and O–H groups in total. The predicted octanol–water partition coefficient (Wildman–Crippen LogP) is 3.58. The van der Waals surface area contributed by atoms with Crippen LogP contribution in [0.1, 0.15) is 28.8 Å². The Morgan fingerprint density at radius 2 is 1.69 bits per heavy atom. The van der Waals surface area contributed by atoms with Crippen molar-refractivity contribution in [2.45, 2.75) is 24.6 Å². The SMILES string of the molecule is Cc1ccccc1C(=O)N1CCSC12CCN(C(=O)COc1ccccc1)CC2. The number of thioether (sulfide) groups is 1. The molecule has 2 aromatic carbocycles. The van der Waals surface area contributed by atoms with Crippen LogP contribution in [0.25, 0.3) is 0 Å². The van der Waals surface area contributed by atoms with Gasteiger partial charge in [0.1, 0.15) is 5.75 Å². The molecule has 1 spiro atoms. The standard InChI is InChI=1S/C23H26N2O3S/c1-18-7-5-6-10-20(18)22(27)25-15-16-29-23(25)11-13-24(14-12-23)21(26)17-28-19-8-3-2-4-9-19/h2-10H,11-17H2,1H3. The fraction of sp³-hybridized carbons (Fsp3) is 0.391. The number of amides is 2. The van der Waals surface area contributed by atoms with E-state index in [0.29, 0.717) is 18.8 Å². The van der Waals surface area contributed by atoms with E-state index in [2.05, 4.69) is 0 Å². The van der Waals surface area contributed by atoms with Gasteiger partial charge in [-0.2, -0.15) is 0 Å². The van der Waals surface area contributed by atoms with Gasteiger partial charge in [0.2, 0.25) is 0 Å². The second-order valence-corrected chi connectivity index (χ2v) is 9.01. The summed E-state index contributed by atoms with van der Waals surface area (Å²) in [5.74, 6) is 1.77. The molecule has 0 bridgehead atoms. The van der Waals surface area contributed by atoms with E-state index >= 15 is 0 Å². The molecule has 4 rings (SSSR count). The van der Waals surface area contributed by atoms with Crippen molar-refractivity contribution >= 4 is 23.6 Å². The van der Waals surface area contributed by atoms with Crippen LogP contribution in [0.15, 0.2) is 54.6 Å². The summed E-state index contributed by atoms with van der Waals surface area (Å²) in [5, 5.41) is 0. The predicted molar refractivity (Wildman–Crippen MR) is 115 cm³/mol. The normalized spacial score (nSPS) is 18.1. The molecule has 0 saturated carbocycles. The number of carbonyl (C=O) groups is 2. The maximum Gasteiger partial charge on any atom is 0.260 e. The number of piperidine rings is 1. The lowest BCUT2D eigenvalue weighted by molar-refractivity contribution is -0.135. The molecular formula is C23H26N2O3S. The smallest absolute Gasteiger partial charge is 0.260 e. The average Bonchev–Trinajstić information content (AvgIpc) is 3.16. The molecular weight excluding hydrogens is 384 g/mol. The van der Waals surface area contributed by atoms with Gasteiger partial charge in [-0.3, -0.25) is 9.59 Å². The monoisotopic (exact) mass is 410 g/mol. The lowest BCUT2D eigenvalue weighted by atomic mass is 10.00. The van der Waals surface area contributed by atoms with Gasteiger partial charge in [-0.25, -0.2) is 0 Å². The molecule has 5 nitrogen and oxygen atoms in total. The van der Waals surface area contributed by atoms with Gasteiger partial charge in [0.05, 0.1) is 4.87 Å². The molecule has 0 aliphatic carbocycles. The fourth-order valence-corrected chi connectivity index (χ4v) is 5.58. The molecule has 2 aliphatic heterocycles. The summed E-state index contributed by atoms with van der Waals surface area (Å²) >= 11 is 1.86. The Labute approximate surface area is 176 Å². The minimum atomic E-state index is -0.198. The van der Waals surface area contributed by atoms with Crippen molar-refractivity contribution < 1.29 is 14.3 Å². The molecule has 0 aromatic heterocycles. The van der Waals surface area contributed by atoms with Crippen molar-refractivity contribution in [2.24, 2.45) is 0 Å². The lowest BCUT2D eigenvalue weighted by Crippen LogP contribution is -2.54. The van der Waals surface area contributed by atoms with Crippen LogP contribution < -0.4 is 4.74 Å². The quantitative estimate of drug-likeness (QED) is 0.773. The maximum atomic E-state index is 13.2. The summed E-state index contributed by atoms with van der Waals surface area (Å²) in [6.45, 7) is 4.11. The number of hydrogen-bond donors (Lipinski definition) is 0. The summed E-state index contributed by atoms with van der Waals surface area (Å²) in [7, 11) is 0. The number of aryl methyl sites for hydroxylation is 1. The van der Waals surface area contributed by atoms with Crippen LogP contribution >= 0.6 is 11.8 Å². The van der Waals surface area contributed by atoms with Crippen molar-refractivity contribution in [1.29, 1.82) is 0 Å². The number of rotatable bonds is 4. The minimum Gasteiger partial charge on any atom is -0.484 e. The minimum absolute atomic E-state index is 0.00322. The van der Waals surface area contributed by atoms with Crippen LogP contribution in [0.3, 0.4) is 0 Å². The summed E-state index contributed by atoms with van der Waals surface area (Å²) in [5.41, 5.74) is 1.79. The van der Waals surface area contributed by atoms with Crippen molar-refractivity contribution in [1.82, 2.24) is 9.80 Å². The highest BCUT2D eigenvalue weighted by Gasteiger charge is 2.47. The van der Waals surface area contributed by atoms with Gasteiger partial charge < -0.3 is 14.5 Å². The van der Waals surface area contributed by atoms with E-state index in [1.54, 1.807) is 0 Å². The Bertz CT molecular complexity index is 879. The number of nitrogens with zero attached hydrogens (tertiary/aromatic N) is 2. The molecule has 2 amide bonds. The lowest BCUT2D eigenvalue weighted by Gasteiger charge is -2.44. The maximum absolute atomic E-state index is 13.2. The number of para-hydroxylation sites is 1. The fourth-order valence-electron chi connectivity index (χ4n) is 4.13. The summed E-state index contributed by atoms with van der Waals surface area (Å²) in [4.78, 5) is 29.5. The van der Waals surface area contributed by atoms with E-state index in [0.717, 1.165) is 36.3 Å². The molecule has 0 unspecified atom stereocenters. The third kappa shape index (κ3) is 4.13. The molecule has 152 valence electrons.